The van der Waals surface area contributed by atoms with Crippen LogP contribution in [0.2, 0.25) is 0 Å². The van der Waals surface area contributed by atoms with Gasteiger partial charge in [0, 0.05) is 22.0 Å². The Labute approximate surface area is 140 Å². The third kappa shape index (κ3) is 3.77. The van der Waals surface area contributed by atoms with Gasteiger partial charge < -0.3 is 15.3 Å². The van der Waals surface area contributed by atoms with E-state index in [-0.39, 0.29) is 12.6 Å². The molecule has 7 heteroatoms. The molecule has 0 aromatic heterocycles. The minimum absolute atomic E-state index is 0.222. The van der Waals surface area contributed by atoms with Gasteiger partial charge in [-0.25, -0.2) is 4.79 Å². The fraction of sp³-hybridized carbons (Fsp3) is 0.429. The summed E-state index contributed by atoms with van der Waals surface area (Å²) in [6, 6.07) is 5.21. The van der Waals surface area contributed by atoms with Gasteiger partial charge >= 0.3 is 12.0 Å². The van der Waals surface area contributed by atoms with Crippen LogP contribution in [0.4, 0.5) is 10.5 Å². The average Bonchev–Trinajstić information content (AvgIpc) is 2.42. The van der Waals surface area contributed by atoms with Crippen molar-refractivity contribution in [2.45, 2.75) is 19.8 Å². The highest BCUT2D eigenvalue weighted by Gasteiger charge is 2.39. The molecular formula is C14H16Br2N2O3. The number of aliphatic carboxylic acids is 1. The van der Waals surface area contributed by atoms with Crippen molar-refractivity contribution in [3.05, 3.63) is 27.1 Å². The number of carboxylic acids is 1. The van der Waals surface area contributed by atoms with Crippen molar-refractivity contribution in [1.29, 1.82) is 0 Å². The first kappa shape index (κ1) is 16.3. The SMILES string of the molecule is CC1(C(=O)O)CCCN(C(=O)Nc2cc(Br)ccc2Br)C1. The molecule has 2 rings (SSSR count). The second kappa shape index (κ2) is 6.36. The lowest BCUT2D eigenvalue weighted by atomic mass is 9.82. The maximum absolute atomic E-state index is 12.3. The van der Waals surface area contributed by atoms with Crippen LogP contribution in [0.25, 0.3) is 0 Å². The van der Waals surface area contributed by atoms with Crippen molar-refractivity contribution in [3.8, 4) is 0 Å². The topological polar surface area (TPSA) is 69.6 Å². The monoisotopic (exact) mass is 418 g/mol. The van der Waals surface area contributed by atoms with Gasteiger partial charge in [-0.1, -0.05) is 15.9 Å². The van der Waals surface area contributed by atoms with Crippen molar-refractivity contribution in [2.24, 2.45) is 5.41 Å². The molecule has 1 atom stereocenters. The van der Waals surface area contributed by atoms with Gasteiger partial charge in [-0.3, -0.25) is 4.79 Å². The first-order valence-electron chi connectivity index (χ1n) is 6.56. The van der Waals surface area contributed by atoms with Crippen LogP contribution in [0.3, 0.4) is 0 Å². The van der Waals surface area contributed by atoms with Gasteiger partial charge in [-0.05, 0) is 53.9 Å². The molecule has 5 nitrogen and oxygen atoms in total. The van der Waals surface area contributed by atoms with Crippen LogP contribution < -0.4 is 5.32 Å². The number of amides is 2. The number of hydrogen-bond donors (Lipinski definition) is 2. The molecule has 0 aliphatic carbocycles. The van der Waals surface area contributed by atoms with Gasteiger partial charge in [0.2, 0.25) is 0 Å². The number of rotatable bonds is 2. The van der Waals surface area contributed by atoms with Crippen LogP contribution in [-0.4, -0.2) is 35.1 Å². The van der Waals surface area contributed by atoms with E-state index < -0.39 is 11.4 Å². The van der Waals surface area contributed by atoms with E-state index in [1.165, 1.54) is 0 Å². The summed E-state index contributed by atoms with van der Waals surface area (Å²) in [5.74, 6) is -0.858. The smallest absolute Gasteiger partial charge is 0.321 e. The summed E-state index contributed by atoms with van der Waals surface area (Å²) in [6.45, 7) is 2.48. The zero-order valence-electron chi connectivity index (χ0n) is 11.5. The third-order valence-corrected chi connectivity index (χ3v) is 4.85. The molecule has 1 unspecified atom stereocenters. The standard InChI is InChI=1S/C14H16Br2N2O3/c1-14(12(19)20)5-2-6-18(8-14)13(21)17-11-7-9(15)3-4-10(11)16/h3-4,7H,2,5-6,8H2,1H3,(H,17,21)(H,19,20). The van der Waals surface area contributed by atoms with Crippen LogP contribution in [0.15, 0.2) is 27.1 Å². The van der Waals surface area contributed by atoms with E-state index in [1.807, 2.05) is 12.1 Å². The van der Waals surface area contributed by atoms with Crippen molar-refractivity contribution in [3.63, 3.8) is 0 Å². The molecule has 1 aromatic rings. The molecule has 1 aromatic carbocycles. The van der Waals surface area contributed by atoms with Gasteiger partial charge in [0.15, 0.2) is 0 Å². The highest BCUT2D eigenvalue weighted by Crippen LogP contribution is 2.31. The summed E-state index contributed by atoms with van der Waals surface area (Å²) in [7, 11) is 0. The van der Waals surface area contributed by atoms with Crippen molar-refractivity contribution in [2.75, 3.05) is 18.4 Å². The second-order valence-electron chi connectivity index (χ2n) is 5.45. The number of nitrogens with zero attached hydrogens (tertiary/aromatic N) is 1. The number of likely N-dealkylation sites (tertiary alicyclic amines) is 1. The Bertz CT molecular complexity index is 579. The van der Waals surface area contributed by atoms with E-state index in [9.17, 15) is 14.7 Å². The van der Waals surface area contributed by atoms with Crippen molar-refractivity contribution in [1.82, 2.24) is 4.90 Å². The summed E-state index contributed by atoms with van der Waals surface area (Å²) >= 11 is 6.74. The molecule has 0 saturated carbocycles. The zero-order chi connectivity index (χ0) is 15.6. The fourth-order valence-corrected chi connectivity index (χ4v) is 3.08. The highest BCUT2D eigenvalue weighted by molar-refractivity contribution is 9.11. The number of urea groups is 1. The maximum Gasteiger partial charge on any atom is 0.321 e. The third-order valence-electron chi connectivity index (χ3n) is 3.67. The number of piperidine rings is 1. The Kier molecular flexibility index (Phi) is 4.93. The summed E-state index contributed by atoms with van der Waals surface area (Å²) in [6.07, 6.45) is 1.28. The number of nitrogens with one attached hydrogen (secondary N) is 1. The normalized spacial score (nSPS) is 22.0. The lowest BCUT2D eigenvalue weighted by Gasteiger charge is -2.37. The first-order chi connectivity index (χ1) is 9.82. The van der Waals surface area contributed by atoms with E-state index in [1.54, 1.807) is 17.9 Å². The first-order valence-corrected chi connectivity index (χ1v) is 8.15. The second-order valence-corrected chi connectivity index (χ2v) is 7.22. The molecule has 1 aliphatic heterocycles. The van der Waals surface area contributed by atoms with Crippen LogP contribution in [0, 0.1) is 5.41 Å². The molecule has 114 valence electrons. The quantitative estimate of drug-likeness (QED) is 0.762. The molecule has 0 bridgehead atoms. The number of benzene rings is 1. The number of carbonyl (C=O) groups is 2. The molecule has 0 spiro atoms. The lowest BCUT2D eigenvalue weighted by molar-refractivity contribution is -0.150. The Balaban J connectivity index is 2.10. The minimum Gasteiger partial charge on any atom is -0.481 e. The summed E-state index contributed by atoms with van der Waals surface area (Å²) < 4.78 is 1.63. The van der Waals surface area contributed by atoms with Crippen molar-refractivity contribution >= 4 is 49.5 Å². The summed E-state index contributed by atoms with van der Waals surface area (Å²) in [4.78, 5) is 25.2. The van der Waals surface area contributed by atoms with E-state index in [0.29, 0.717) is 25.1 Å². The summed E-state index contributed by atoms with van der Waals surface area (Å²) in [5, 5.41) is 12.1. The predicted octanol–water partition coefficient (Wildman–Crippen LogP) is 3.93. The fourth-order valence-electron chi connectivity index (χ4n) is 2.37. The molecule has 1 fully saturated rings. The maximum atomic E-state index is 12.3. The molecule has 2 N–H and O–H groups in total. The van der Waals surface area contributed by atoms with Gasteiger partial charge in [-0.2, -0.15) is 0 Å². The van der Waals surface area contributed by atoms with E-state index in [0.717, 1.165) is 8.95 Å². The van der Waals surface area contributed by atoms with E-state index in [4.69, 9.17) is 0 Å². The van der Waals surface area contributed by atoms with Gasteiger partial charge in [0.25, 0.3) is 0 Å². The molecule has 2 amide bonds. The Morgan fingerprint density at radius 1 is 1.38 bits per heavy atom. The van der Waals surface area contributed by atoms with Crippen molar-refractivity contribution < 1.29 is 14.7 Å². The Morgan fingerprint density at radius 2 is 2.10 bits per heavy atom. The van der Waals surface area contributed by atoms with Gasteiger partial charge in [0.1, 0.15) is 0 Å². The zero-order valence-corrected chi connectivity index (χ0v) is 14.7. The Hall–Kier alpha value is -1.08. The van der Waals surface area contributed by atoms with Crippen LogP contribution in [0.1, 0.15) is 19.8 Å². The summed E-state index contributed by atoms with van der Waals surface area (Å²) in [5.41, 5.74) is -0.221. The number of carboxylic acid groups (broad SMARTS) is 1. The lowest BCUT2D eigenvalue weighted by Crippen LogP contribution is -2.49. The Morgan fingerprint density at radius 3 is 2.76 bits per heavy atom. The van der Waals surface area contributed by atoms with Crippen LogP contribution in [0.5, 0.6) is 0 Å². The number of carbonyl (C=O) groups excluding carboxylic acids is 1. The van der Waals surface area contributed by atoms with Crippen LogP contribution >= 0.6 is 31.9 Å². The predicted molar refractivity (Wildman–Crippen MR) is 87.4 cm³/mol. The molecule has 1 aliphatic rings. The molecular weight excluding hydrogens is 404 g/mol. The number of halogens is 2. The van der Waals surface area contributed by atoms with E-state index in [2.05, 4.69) is 37.2 Å². The van der Waals surface area contributed by atoms with Gasteiger partial charge in [-0.15, -0.1) is 0 Å². The number of anilines is 1. The van der Waals surface area contributed by atoms with Gasteiger partial charge in [0.05, 0.1) is 11.1 Å². The van der Waals surface area contributed by atoms with E-state index >= 15 is 0 Å². The number of hydrogen-bond acceptors (Lipinski definition) is 2. The molecule has 0 radical (unpaired) electrons. The largest absolute Gasteiger partial charge is 0.481 e. The average molecular weight is 420 g/mol. The minimum atomic E-state index is -0.871. The molecule has 1 heterocycles. The highest BCUT2D eigenvalue weighted by atomic mass is 79.9. The molecule has 21 heavy (non-hydrogen) atoms. The molecule has 1 saturated heterocycles. The van der Waals surface area contributed by atoms with Crippen LogP contribution in [-0.2, 0) is 4.79 Å².